The van der Waals surface area contributed by atoms with Gasteiger partial charge in [-0.25, -0.2) is 9.59 Å². The topological polar surface area (TPSA) is 203 Å². The zero-order valence-corrected chi connectivity index (χ0v) is 30.4. The van der Waals surface area contributed by atoms with Gasteiger partial charge in [0.2, 0.25) is 17.7 Å². The minimum absolute atomic E-state index is 0.0208. The summed E-state index contributed by atoms with van der Waals surface area (Å²) in [4.78, 5) is 88.1. The quantitative estimate of drug-likeness (QED) is 0.0628. The average Bonchev–Trinajstić information content (AvgIpc) is 3.16. The third kappa shape index (κ3) is 15.7. The molecule has 0 aromatic heterocycles. The van der Waals surface area contributed by atoms with E-state index in [1.165, 1.54) is 19.1 Å². The van der Waals surface area contributed by atoms with E-state index in [4.69, 9.17) is 19.3 Å². The Labute approximate surface area is 313 Å². The first-order valence-electron chi connectivity index (χ1n) is 17.7. The fraction of sp³-hybridized carbons (Fsp3) is 0.375. The molecule has 3 amide bonds. The van der Waals surface area contributed by atoms with Crippen LogP contribution in [0.3, 0.4) is 0 Å². The van der Waals surface area contributed by atoms with Crippen molar-refractivity contribution in [2.45, 2.75) is 90.2 Å². The van der Waals surface area contributed by atoms with Crippen molar-refractivity contribution in [3.8, 4) is 5.75 Å². The highest BCUT2D eigenvalue weighted by Crippen LogP contribution is 2.18. The summed E-state index contributed by atoms with van der Waals surface area (Å²) < 4.78 is 16.6. The average molecular weight is 746 g/mol. The number of esters is 2. The van der Waals surface area contributed by atoms with Gasteiger partial charge in [0.05, 0.1) is 6.42 Å². The number of aliphatic carboxylic acids is 1. The molecule has 0 radical (unpaired) electrons. The SMILES string of the molecule is CCCCCNC(=O)[C@H](Cc1ccc(OC(C(=O)OCc2ccccc2)C(=O)OCc2ccccc2)cc1)NC(=O)[C@H](CC(C)=O)NC(=O)CCC(=O)O. The minimum Gasteiger partial charge on any atom is -0.481 e. The third-order valence-electron chi connectivity index (χ3n) is 7.91. The van der Waals surface area contributed by atoms with Gasteiger partial charge in [0.15, 0.2) is 0 Å². The van der Waals surface area contributed by atoms with Gasteiger partial charge < -0.3 is 35.3 Å². The molecule has 2 atom stereocenters. The number of ether oxygens (including phenoxy) is 3. The van der Waals surface area contributed by atoms with Gasteiger partial charge in [0.1, 0.15) is 36.8 Å². The van der Waals surface area contributed by atoms with Gasteiger partial charge >= 0.3 is 17.9 Å². The maximum atomic E-state index is 13.3. The molecule has 0 saturated heterocycles. The van der Waals surface area contributed by atoms with Crippen LogP contribution in [0.4, 0.5) is 0 Å². The largest absolute Gasteiger partial charge is 0.481 e. The van der Waals surface area contributed by atoms with E-state index in [9.17, 15) is 33.6 Å². The lowest BCUT2D eigenvalue weighted by molar-refractivity contribution is -0.168. The molecule has 4 N–H and O–H groups in total. The predicted molar refractivity (Wildman–Crippen MR) is 196 cm³/mol. The summed E-state index contributed by atoms with van der Waals surface area (Å²) >= 11 is 0. The van der Waals surface area contributed by atoms with E-state index < -0.39 is 72.4 Å². The van der Waals surface area contributed by atoms with Crippen molar-refractivity contribution in [3.05, 3.63) is 102 Å². The summed E-state index contributed by atoms with van der Waals surface area (Å²) in [5, 5.41) is 16.7. The number of unbranched alkanes of at least 4 members (excludes halogenated alkanes) is 2. The monoisotopic (exact) mass is 745 g/mol. The highest BCUT2D eigenvalue weighted by atomic mass is 16.6. The number of ketones is 1. The van der Waals surface area contributed by atoms with Crippen LogP contribution in [0.15, 0.2) is 84.9 Å². The summed E-state index contributed by atoms with van der Waals surface area (Å²) in [5.74, 6) is -5.44. The third-order valence-corrected chi connectivity index (χ3v) is 7.91. The molecule has 0 bridgehead atoms. The summed E-state index contributed by atoms with van der Waals surface area (Å²) in [6, 6.07) is 21.5. The minimum atomic E-state index is -1.76. The normalized spacial score (nSPS) is 11.8. The van der Waals surface area contributed by atoms with Crippen LogP contribution in [0.2, 0.25) is 0 Å². The molecular weight excluding hydrogens is 698 g/mol. The summed E-state index contributed by atoms with van der Waals surface area (Å²) in [7, 11) is 0. The lowest BCUT2D eigenvalue weighted by Gasteiger charge is -2.23. The Morgan fingerprint density at radius 3 is 1.76 bits per heavy atom. The summed E-state index contributed by atoms with van der Waals surface area (Å²) in [6.07, 6.45) is -0.497. The smallest absolute Gasteiger partial charge is 0.359 e. The number of nitrogens with one attached hydrogen (secondary N) is 3. The van der Waals surface area contributed by atoms with E-state index in [2.05, 4.69) is 16.0 Å². The molecule has 0 aliphatic carbocycles. The van der Waals surface area contributed by atoms with Crippen LogP contribution in [0.25, 0.3) is 0 Å². The van der Waals surface area contributed by atoms with Crippen LogP contribution in [-0.4, -0.2) is 71.3 Å². The maximum Gasteiger partial charge on any atom is 0.359 e. The fourth-order valence-corrected chi connectivity index (χ4v) is 5.05. The Morgan fingerprint density at radius 2 is 1.24 bits per heavy atom. The first-order valence-corrected chi connectivity index (χ1v) is 17.7. The molecular formula is C40H47N3O11. The van der Waals surface area contributed by atoms with Gasteiger partial charge in [0, 0.05) is 25.8 Å². The van der Waals surface area contributed by atoms with Crippen LogP contribution < -0.4 is 20.7 Å². The second-order valence-corrected chi connectivity index (χ2v) is 12.5. The second-order valence-electron chi connectivity index (χ2n) is 12.5. The molecule has 0 heterocycles. The Hall–Kier alpha value is -6.05. The van der Waals surface area contributed by atoms with Gasteiger partial charge in [-0.3, -0.25) is 24.0 Å². The van der Waals surface area contributed by atoms with Crippen molar-refractivity contribution in [2.24, 2.45) is 0 Å². The van der Waals surface area contributed by atoms with Gasteiger partial charge in [-0.1, -0.05) is 92.6 Å². The number of carboxylic acid groups (broad SMARTS) is 1. The van der Waals surface area contributed by atoms with E-state index in [-0.39, 0.29) is 31.8 Å². The van der Waals surface area contributed by atoms with E-state index in [1.54, 1.807) is 60.7 Å². The lowest BCUT2D eigenvalue weighted by atomic mass is 10.0. The molecule has 0 fully saturated rings. The number of carboxylic acids is 1. The Bertz CT molecular complexity index is 1640. The van der Waals surface area contributed by atoms with Gasteiger partial charge in [0.25, 0.3) is 6.10 Å². The molecule has 0 spiro atoms. The fourth-order valence-electron chi connectivity index (χ4n) is 5.05. The Kier molecular flexibility index (Phi) is 17.9. The molecule has 0 unspecified atom stereocenters. The van der Waals surface area contributed by atoms with Crippen molar-refractivity contribution in [1.29, 1.82) is 0 Å². The van der Waals surface area contributed by atoms with Crippen molar-refractivity contribution in [1.82, 2.24) is 16.0 Å². The van der Waals surface area contributed by atoms with E-state index >= 15 is 0 Å². The van der Waals surface area contributed by atoms with Crippen molar-refractivity contribution < 1.29 is 52.9 Å². The molecule has 0 aliphatic heterocycles. The highest BCUT2D eigenvalue weighted by Gasteiger charge is 2.33. The first kappa shape index (κ1) is 42.4. The first-order chi connectivity index (χ1) is 25.9. The molecule has 14 heteroatoms. The zero-order chi connectivity index (χ0) is 39.3. The number of Topliss-reactive ketones (excluding diaryl/α,β-unsaturated/α-hetero) is 1. The molecule has 3 aromatic carbocycles. The number of benzene rings is 3. The van der Waals surface area contributed by atoms with Gasteiger partial charge in [-0.15, -0.1) is 0 Å². The lowest BCUT2D eigenvalue weighted by Crippen LogP contribution is -2.55. The molecule has 0 saturated carbocycles. The summed E-state index contributed by atoms with van der Waals surface area (Å²) in [6.45, 7) is 3.41. The van der Waals surface area contributed by atoms with Crippen LogP contribution in [0, 0.1) is 0 Å². The van der Waals surface area contributed by atoms with Crippen molar-refractivity contribution in [2.75, 3.05) is 6.54 Å². The summed E-state index contributed by atoms with van der Waals surface area (Å²) in [5.41, 5.74) is 1.96. The van der Waals surface area contributed by atoms with Gasteiger partial charge in [-0.2, -0.15) is 0 Å². The molecule has 3 rings (SSSR count). The number of carbonyl (C=O) groups excluding carboxylic acids is 6. The van der Waals surface area contributed by atoms with Crippen LogP contribution in [0.1, 0.15) is 69.1 Å². The van der Waals surface area contributed by atoms with Crippen LogP contribution in [-0.2, 0) is 62.7 Å². The Balaban J connectivity index is 1.76. The van der Waals surface area contributed by atoms with E-state index in [0.717, 1.165) is 12.8 Å². The van der Waals surface area contributed by atoms with Crippen LogP contribution in [0.5, 0.6) is 5.75 Å². The molecule has 288 valence electrons. The van der Waals surface area contributed by atoms with Crippen molar-refractivity contribution in [3.63, 3.8) is 0 Å². The number of carbonyl (C=O) groups is 7. The van der Waals surface area contributed by atoms with Crippen molar-refractivity contribution >= 4 is 41.4 Å². The van der Waals surface area contributed by atoms with Crippen LogP contribution >= 0.6 is 0 Å². The predicted octanol–water partition coefficient (Wildman–Crippen LogP) is 3.58. The number of rotatable bonds is 23. The maximum absolute atomic E-state index is 13.3. The molecule has 0 aliphatic rings. The molecule has 3 aromatic rings. The number of amides is 3. The number of hydrogen-bond donors (Lipinski definition) is 4. The molecule has 54 heavy (non-hydrogen) atoms. The standard InChI is InChI=1S/C40H47N3O11/c1-3-4-11-22-41-37(48)33(43-38(49)32(23-27(2)44)42-34(45)20-21-35(46)47)24-28-16-18-31(19-17-28)54-36(39(50)52-25-29-12-7-5-8-13-29)40(51)53-26-30-14-9-6-10-15-30/h5-10,12-19,32-33,36H,3-4,11,20-26H2,1-2H3,(H,41,48)(H,42,45)(H,43,49)(H,46,47)/t32-,33-/m0/s1. The Morgan fingerprint density at radius 1 is 0.667 bits per heavy atom. The second kappa shape index (κ2) is 22.8. The number of hydrogen-bond acceptors (Lipinski definition) is 10. The molecule has 14 nitrogen and oxygen atoms in total. The van der Waals surface area contributed by atoms with E-state index in [1.807, 2.05) is 19.1 Å². The van der Waals surface area contributed by atoms with Gasteiger partial charge in [-0.05, 0) is 42.2 Å². The highest BCUT2D eigenvalue weighted by molar-refractivity contribution is 5.98. The zero-order valence-electron chi connectivity index (χ0n) is 30.4. The van der Waals surface area contributed by atoms with E-state index in [0.29, 0.717) is 29.7 Å².